The number of fused-ring (bicyclic) bond motifs is 1. The molecule has 3 rings (SSSR count). The molecule has 0 unspecified atom stereocenters. The third kappa shape index (κ3) is 2.50. The summed E-state index contributed by atoms with van der Waals surface area (Å²) < 4.78 is 1.82. The molecule has 3 aromatic rings. The molecule has 0 spiro atoms. The highest BCUT2D eigenvalue weighted by Crippen LogP contribution is 2.07. The van der Waals surface area contributed by atoms with Gasteiger partial charge < -0.3 is 0 Å². The molecule has 1 heterocycles. The standard InChI is InChI=1S/C16H13N2O/c19-16(13-6-2-1-3-7-13)11-18-10-14-8-4-5-9-15(14)17-12-18/h1-10,12H,11H2/q+1. The van der Waals surface area contributed by atoms with Crippen LogP contribution in [0.3, 0.4) is 0 Å². The summed E-state index contributed by atoms with van der Waals surface area (Å²) in [6.07, 6.45) is 3.65. The molecule has 3 heteroatoms. The minimum Gasteiger partial charge on any atom is -0.290 e. The number of ketones is 1. The molecule has 0 amide bonds. The molecule has 92 valence electrons. The summed E-state index contributed by atoms with van der Waals surface area (Å²) in [6.45, 7) is 0.307. The number of benzene rings is 2. The number of carbonyl (C=O) groups excluding carboxylic acids is 1. The molecule has 19 heavy (non-hydrogen) atoms. The fourth-order valence-corrected chi connectivity index (χ4v) is 2.03. The molecule has 0 N–H and O–H groups in total. The van der Waals surface area contributed by atoms with Gasteiger partial charge in [-0.15, -0.1) is 0 Å². The fraction of sp³-hybridized carbons (Fsp3) is 0.0625. The molecular formula is C16H13N2O+. The quantitative estimate of drug-likeness (QED) is 0.527. The highest BCUT2D eigenvalue weighted by molar-refractivity contribution is 5.95. The molecule has 0 aliphatic carbocycles. The van der Waals surface area contributed by atoms with Gasteiger partial charge in [-0.05, 0) is 17.1 Å². The minimum atomic E-state index is 0.0858. The lowest BCUT2D eigenvalue weighted by Crippen LogP contribution is -2.37. The summed E-state index contributed by atoms with van der Waals surface area (Å²) in [6, 6.07) is 17.2. The zero-order chi connectivity index (χ0) is 13.1. The second-order valence-corrected chi connectivity index (χ2v) is 4.39. The van der Waals surface area contributed by atoms with Crippen molar-refractivity contribution in [1.29, 1.82) is 0 Å². The van der Waals surface area contributed by atoms with Crippen molar-refractivity contribution >= 4 is 16.7 Å². The van der Waals surface area contributed by atoms with Crippen LogP contribution in [0.5, 0.6) is 0 Å². The lowest BCUT2D eigenvalue weighted by Gasteiger charge is -2.00. The van der Waals surface area contributed by atoms with Crippen LogP contribution in [0.2, 0.25) is 0 Å². The van der Waals surface area contributed by atoms with Crippen LogP contribution in [0, 0.1) is 0 Å². The Balaban J connectivity index is 1.87. The molecule has 3 nitrogen and oxygen atoms in total. The first kappa shape index (κ1) is 11.5. The van der Waals surface area contributed by atoms with Crippen LogP contribution >= 0.6 is 0 Å². The van der Waals surface area contributed by atoms with Gasteiger partial charge in [0.1, 0.15) is 6.20 Å². The van der Waals surface area contributed by atoms with Gasteiger partial charge in [-0.25, -0.2) is 4.57 Å². The van der Waals surface area contributed by atoms with Crippen molar-refractivity contribution in [2.24, 2.45) is 0 Å². The number of carbonyl (C=O) groups is 1. The second-order valence-electron chi connectivity index (χ2n) is 4.39. The van der Waals surface area contributed by atoms with Crippen LogP contribution in [-0.4, -0.2) is 10.8 Å². The van der Waals surface area contributed by atoms with E-state index in [1.165, 1.54) is 0 Å². The SMILES string of the molecule is O=C(C[n+]1cnc2ccccc2c1)c1ccccc1. The molecule has 0 fully saturated rings. The highest BCUT2D eigenvalue weighted by atomic mass is 16.1. The maximum absolute atomic E-state index is 12.1. The average molecular weight is 249 g/mol. The Morgan fingerprint density at radius 1 is 1.00 bits per heavy atom. The predicted molar refractivity (Wildman–Crippen MR) is 72.7 cm³/mol. The van der Waals surface area contributed by atoms with Gasteiger partial charge in [0.2, 0.25) is 5.78 Å². The normalized spacial score (nSPS) is 10.5. The largest absolute Gasteiger partial charge is 0.290 e. The van der Waals surface area contributed by atoms with E-state index in [9.17, 15) is 4.79 Å². The molecular weight excluding hydrogens is 236 g/mol. The number of hydrogen-bond donors (Lipinski definition) is 0. The fourth-order valence-electron chi connectivity index (χ4n) is 2.03. The first-order valence-corrected chi connectivity index (χ1v) is 6.15. The van der Waals surface area contributed by atoms with Crippen LogP contribution in [-0.2, 0) is 6.54 Å². The average Bonchev–Trinajstić information content (AvgIpc) is 2.48. The molecule has 2 aromatic carbocycles. The first-order chi connectivity index (χ1) is 9.33. The van der Waals surface area contributed by atoms with Crippen LogP contribution in [0.25, 0.3) is 10.9 Å². The summed E-state index contributed by atoms with van der Waals surface area (Å²) in [7, 11) is 0. The third-order valence-electron chi connectivity index (χ3n) is 3.01. The molecule has 0 saturated carbocycles. The number of hydrogen-bond acceptors (Lipinski definition) is 2. The summed E-state index contributed by atoms with van der Waals surface area (Å²) in [5.41, 5.74) is 1.66. The Hall–Kier alpha value is -2.55. The van der Waals surface area contributed by atoms with Gasteiger partial charge >= 0.3 is 0 Å². The smallest absolute Gasteiger partial charge is 0.287 e. The van der Waals surface area contributed by atoms with Crippen LogP contribution in [0.15, 0.2) is 67.1 Å². The predicted octanol–water partition coefficient (Wildman–Crippen LogP) is 2.41. The van der Waals surface area contributed by atoms with E-state index in [-0.39, 0.29) is 5.78 Å². The number of rotatable bonds is 3. The zero-order valence-corrected chi connectivity index (χ0v) is 10.4. The van der Waals surface area contributed by atoms with Crippen molar-refractivity contribution in [3.8, 4) is 0 Å². The van der Waals surface area contributed by atoms with Crippen molar-refractivity contribution in [3.05, 3.63) is 72.7 Å². The molecule has 0 atom stereocenters. The number of para-hydroxylation sites is 1. The van der Waals surface area contributed by atoms with Crippen molar-refractivity contribution in [2.45, 2.75) is 6.54 Å². The summed E-state index contributed by atoms with van der Waals surface area (Å²) in [4.78, 5) is 16.4. The van der Waals surface area contributed by atoms with Crippen LogP contribution in [0.1, 0.15) is 10.4 Å². The Bertz CT molecular complexity index is 723. The summed E-state index contributed by atoms with van der Waals surface area (Å²) >= 11 is 0. The van der Waals surface area contributed by atoms with Crippen molar-refractivity contribution in [2.75, 3.05) is 0 Å². The maximum atomic E-state index is 12.1. The van der Waals surface area contributed by atoms with E-state index in [1.54, 1.807) is 6.33 Å². The minimum absolute atomic E-state index is 0.0858. The number of nitrogens with zero attached hydrogens (tertiary/aromatic N) is 2. The van der Waals surface area contributed by atoms with E-state index in [4.69, 9.17) is 0 Å². The lowest BCUT2D eigenvalue weighted by molar-refractivity contribution is -0.684. The van der Waals surface area contributed by atoms with Crippen molar-refractivity contribution in [1.82, 2.24) is 4.98 Å². The van der Waals surface area contributed by atoms with Gasteiger partial charge in [-0.3, -0.25) is 4.79 Å². The monoisotopic (exact) mass is 249 g/mol. The summed E-state index contributed by atoms with van der Waals surface area (Å²) in [5, 5.41) is 1.03. The second kappa shape index (κ2) is 4.98. The maximum Gasteiger partial charge on any atom is 0.287 e. The van der Waals surface area contributed by atoms with Gasteiger partial charge in [-0.1, -0.05) is 42.5 Å². The van der Waals surface area contributed by atoms with Crippen molar-refractivity contribution < 1.29 is 9.36 Å². The zero-order valence-electron chi connectivity index (χ0n) is 10.4. The van der Waals surface area contributed by atoms with Crippen LogP contribution in [0.4, 0.5) is 0 Å². The molecule has 0 saturated heterocycles. The Morgan fingerprint density at radius 3 is 2.58 bits per heavy atom. The van der Waals surface area contributed by atoms with E-state index >= 15 is 0 Å². The molecule has 0 aliphatic heterocycles. The van der Waals surface area contributed by atoms with Gasteiger partial charge in [-0.2, -0.15) is 0 Å². The summed E-state index contributed by atoms with van der Waals surface area (Å²) in [5.74, 6) is 0.0858. The van der Waals surface area contributed by atoms with E-state index in [0.29, 0.717) is 6.54 Å². The van der Waals surface area contributed by atoms with Crippen LogP contribution < -0.4 is 4.57 Å². The Labute approximate surface area is 111 Å². The van der Waals surface area contributed by atoms with E-state index in [2.05, 4.69) is 4.98 Å². The topological polar surface area (TPSA) is 33.8 Å². The highest BCUT2D eigenvalue weighted by Gasteiger charge is 2.10. The molecule has 0 aliphatic rings. The number of Topliss-reactive ketones (excluding diaryl/α,β-unsaturated/α-hetero) is 1. The third-order valence-corrected chi connectivity index (χ3v) is 3.01. The Morgan fingerprint density at radius 2 is 1.74 bits per heavy atom. The van der Waals surface area contributed by atoms with E-state index in [1.807, 2.05) is 65.4 Å². The lowest BCUT2D eigenvalue weighted by atomic mass is 10.1. The Kier molecular flexibility index (Phi) is 3.02. The van der Waals surface area contributed by atoms with E-state index < -0.39 is 0 Å². The first-order valence-electron chi connectivity index (χ1n) is 6.15. The van der Waals surface area contributed by atoms with Gasteiger partial charge in [0, 0.05) is 5.56 Å². The molecule has 0 bridgehead atoms. The molecule has 1 aromatic heterocycles. The van der Waals surface area contributed by atoms with Gasteiger partial charge in [0.05, 0.1) is 5.39 Å². The number of aromatic nitrogens is 2. The van der Waals surface area contributed by atoms with E-state index in [0.717, 1.165) is 16.5 Å². The van der Waals surface area contributed by atoms with Gasteiger partial charge in [0.15, 0.2) is 12.1 Å². The van der Waals surface area contributed by atoms with Crippen molar-refractivity contribution in [3.63, 3.8) is 0 Å². The molecule has 0 radical (unpaired) electrons. The van der Waals surface area contributed by atoms with Gasteiger partial charge in [0.25, 0.3) is 6.33 Å².